The van der Waals surface area contributed by atoms with Crippen molar-refractivity contribution in [2.24, 2.45) is 0 Å². The number of thioether (sulfide) groups is 1. The average Bonchev–Trinajstić information content (AvgIpc) is 2.79. The van der Waals surface area contributed by atoms with Gasteiger partial charge < -0.3 is 11.1 Å². The first-order valence-corrected chi connectivity index (χ1v) is 7.67. The van der Waals surface area contributed by atoms with Crippen molar-refractivity contribution in [3.63, 3.8) is 0 Å². The molecule has 2 rings (SSSR count). The Hall–Kier alpha value is -0.870. The third kappa shape index (κ3) is 2.75. The van der Waals surface area contributed by atoms with E-state index in [-0.39, 0.29) is 11.9 Å². The molecule has 3 nitrogen and oxygen atoms in total. The van der Waals surface area contributed by atoms with Crippen LogP contribution in [0.15, 0.2) is 18.2 Å². The zero-order chi connectivity index (χ0) is 13.1. The van der Waals surface area contributed by atoms with Gasteiger partial charge in [0, 0.05) is 11.3 Å². The lowest BCUT2D eigenvalue weighted by atomic mass is 10.1. The molecule has 0 aromatic heterocycles. The molecule has 98 valence electrons. The van der Waals surface area contributed by atoms with E-state index in [2.05, 4.69) is 11.6 Å². The van der Waals surface area contributed by atoms with Crippen LogP contribution in [0, 0.1) is 0 Å². The number of para-hydroxylation sites is 1. The Morgan fingerprint density at radius 3 is 3.00 bits per heavy atom. The SMILES string of the molecule is CSC1CCCC1NC(=O)c1cccc(Cl)c1N. The molecule has 1 aromatic carbocycles. The lowest BCUT2D eigenvalue weighted by Gasteiger charge is -2.19. The van der Waals surface area contributed by atoms with Gasteiger partial charge in [0.15, 0.2) is 0 Å². The molecule has 3 N–H and O–H groups in total. The Morgan fingerprint density at radius 1 is 1.50 bits per heavy atom. The summed E-state index contributed by atoms with van der Waals surface area (Å²) in [6.07, 6.45) is 5.46. The van der Waals surface area contributed by atoms with E-state index in [4.69, 9.17) is 17.3 Å². The van der Waals surface area contributed by atoms with Gasteiger partial charge in [-0.2, -0.15) is 11.8 Å². The topological polar surface area (TPSA) is 55.1 Å². The van der Waals surface area contributed by atoms with Gasteiger partial charge in [0.1, 0.15) is 0 Å². The molecule has 1 aromatic rings. The Bertz CT molecular complexity index is 453. The van der Waals surface area contributed by atoms with E-state index in [1.54, 1.807) is 18.2 Å². The predicted molar refractivity (Wildman–Crippen MR) is 78.3 cm³/mol. The number of rotatable bonds is 3. The van der Waals surface area contributed by atoms with E-state index in [0.29, 0.717) is 21.5 Å². The number of halogens is 1. The lowest BCUT2D eigenvalue weighted by Crippen LogP contribution is -2.38. The molecule has 1 fully saturated rings. The van der Waals surface area contributed by atoms with Crippen LogP contribution >= 0.6 is 23.4 Å². The Morgan fingerprint density at radius 2 is 2.28 bits per heavy atom. The Kier molecular flexibility index (Phi) is 4.40. The minimum absolute atomic E-state index is 0.124. The first kappa shape index (κ1) is 13.6. The highest BCUT2D eigenvalue weighted by Gasteiger charge is 2.28. The van der Waals surface area contributed by atoms with Crippen LogP contribution in [0.2, 0.25) is 5.02 Å². The lowest BCUT2D eigenvalue weighted by molar-refractivity contribution is 0.0939. The second-order valence-electron chi connectivity index (χ2n) is 4.49. The van der Waals surface area contributed by atoms with E-state index < -0.39 is 0 Å². The van der Waals surface area contributed by atoms with Crippen molar-refractivity contribution >= 4 is 35.0 Å². The van der Waals surface area contributed by atoms with Crippen molar-refractivity contribution in [1.29, 1.82) is 0 Å². The van der Waals surface area contributed by atoms with Gasteiger partial charge in [-0.05, 0) is 31.2 Å². The van der Waals surface area contributed by atoms with Crippen LogP contribution in [0.4, 0.5) is 5.69 Å². The molecule has 1 amide bonds. The maximum Gasteiger partial charge on any atom is 0.253 e. The normalized spacial score (nSPS) is 23.0. The number of carbonyl (C=O) groups is 1. The summed E-state index contributed by atoms with van der Waals surface area (Å²) in [6, 6.07) is 5.38. The van der Waals surface area contributed by atoms with Gasteiger partial charge in [-0.25, -0.2) is 0 Å². The van der Waals surface area contributed by atoms with E-state index in [1.807, 2.05) is 11.8 Å². The van der Waals surface area contributed by atoms with Gasteiger partial charge in [-0.15, -0.1) is 0 Å². The fraction of sp³-hybridized carbons (Fsp3) is 0.462. The molecule has 0 aliphatic heterocycles. The standard InChI is InChI=1S/C13H17ClN2OS/c1-18-11-7-3-6-10(11)16-13(17)8-4-2-5-9(14)12(8)15/h2,4-5,10-11H,3,6-7,15H2,1H3,(H,16,17). The summed E-state index contributed by atoms with van der Waals surface area (Å²) in [5.74, 6) is -0.124. The molecule has 0 radical (unpaired) electrons. The summed E-state index contributed by atoms with van der Waals surface area (Å²) in [6.45, 7) is 0. The molecule has 1 saturated carbocycles. The summed E-state index contributed by atoms with van der Waals surface area (Å²) in [5, 5.41) is 4.00. The Balaban J connectivity index is 2.10. The summed E-state index contributed by atoms with van der Waals surface area (Å²) in [5.41, 5.74) is 6.65. The molecule has 2 unspecified atom stereocenters. The minimum Gasteiger partial charge on any atom is -0.397 e. The molecule has 0 saturated heterocycles. The number of nitrogens with two attached hydrogens (primary N) is 1. The van der Waals surface area contributed by atoms with Crippen LogP contribution in [0.25, 0.3) is 0 Å². The summed E-state index contributed by atoms with van der Waals surface area (Å²) in [4.78, 5) is 12.2. The molecule has 18 heavy (non-hydrogen) atoms. The fourth-order valence-electron chi connectivity index (χ4n) is 2.35. The molecule has 1 aliphatic rings. The number of hydrogen-bond donors (Lipinski definition) is 2. The molecule has 2 atom stereocenters. The van der Waals surface area contributed by atoms with Crippen molar-refractivity contribution in [1.82, 2.24) is 5.32 Å². The van der Waals surface area contributed by atoms with Crippen molar-refractivity contribution in [2.45, 2.75) is 30.6 Å². The number of nitrogens with one attached hydrogen (secondary N) is 1. The molecule has 0 bridgehead atoms. The molecule has 0 spiro atoms. The van der Waals surface area contributed by atoms with Crippen LogP contribution in [0.5, 0.6) is 0 Å². The van der Waals surface area contributed by atoms with Gasteiger partial charge in [0.05, 0.1) is 16.3 Å². The van der Waals surface area contributed by atoms with Crippen LogP contribution in [-0.4, -0.2) is 23.5 Å². The number of carbonyl (C=O) groups excluding carboxylic acids is 1. The Labute approximate surface area is 116 Å². The molecule has 0 heterocycles. The second-order valence-corrected chi connectivity index (χ2v) is 5.97. The first-order valence-electron chi connectivity index (χ1n) is 6.01. The van der Waals surface area contributed by atoms with Gasteiger partial charge in [-0.3, -0.25) is 4.79 Å². The number of anilines is 1. The van der Waals surface area contributed by atoms with Crippen LogP contribution in [0.3, 0.4) is 0 Å². The summed E-state index contributed by atoms with van der Waals surface area (Å²) < 4.78 is 0. The van der Waals surface area contributed by atoms with E-state index in [1.165, 1.54) is 6.42 Å². The van der Waals surface area contributed by atoms with Gasteiger partial charge in [-0.1, -0.05) is 24.1 Å². The number of benzene rings is 1. The van der Waals surface area contributed by atoms with Crippen molar-refractivity contribution in [2.75, 3.05) is 12.0 Å². The van der Waals surface area contributed by atoms with Crippen molar-refractivity contribution in [3.05, 3.63) is 28.8 Å². The molecule has 1 aliphatic carbocycles. The van der Waals surface area contributed by atoms with E-state index in [0.717, 1.165) is 12.8 Å². The molecular weight excluding hydrogens is 268 g/mol. The number of amides is 1. The molecular formula is C13H17ClN2OS. The monoisotopic (exact) mass is 284 g/mol. The highest BCUT2D eigenvalue weighted by molar-refractivity contribution is 7.99. The minimum atomic E-state index is -0.124. The quantitative estimate of drug-likeness (QED) is 0.839. The summed E-state index contributed by atoms with van der Waals surface area (Å²) >= 11 is 7.73. The summed E-state index contributed by atoms with van der Waals surface area (Å²) in [7, 11) is 0. The van der Waals surface area contributed by atoms with Crippen LogP contribution < -0.4 is 11.1 Å². The smallest absolute Gasteiger partial charge is 0.253 e. The number of hydrogen-bond acceptors (Lipinski definition) is 3. The predicted octanol–water partition coefficient (Wildman–Crippen LogP) is 2.94. The zero-order valence-corrected chi connectivity index (χ0v) is 11.9. The first-order chi connectivity index (χ1) is 8.63. The third-order valence-electron chi connectivity index (χ3n) is 3.37. The van der Waals surface area contributed by atoms with Gasteiger partial charge >= 0.3 is 0 Å². The van der Waals surface area contributed by atoms with Crippen LogP contribution in [0.1, 0.15) is 29.6 Å². The van der Waals surface area contributed by atoms with Crippen LogP contribution in [-0.2, 0) is 0 Å². The fourth-order valence-corrected chi connectivity index (χ4v) is 3.46. The third-order valence-corrected chi connectivity index (χ3v) is 4.87. The largest absolute Gasteiger partial charge is 0.397 e. The van der Waals surface area contributed by atoms with Gasteiger partial charge in [0.25, 0.3) is 5.91 Å². The zero-order valence-electron chi connectivity index (χ0n) is 10.3. The van der Waals surface area contributed by atoms with E-state index >= 15 is 0 Å². The molecule has 5 heteroatoms. The second kappa shape index (κ2) is 5.85. The van der Waals surface area contributed by atoms with Crippen molar-refractivity contribution < 1.29 is 4.79 Å². The maximum atomic E-state index is 12.2. The van der Waals surface area contributed by atoms with Gasteiger partial charge in [0.2, 0.25) is 0 Å². The maximum absolute atomic E-state index is 12.2. The highest BCUT2D eigenvalue weighted by Crippen LogP contribution is 2.29. The average molecular weight is 285 g/mol. The van der Waals surface area contributed by atoms with E-state index in [9.17, 15) is 4.79 Å². The number of nitrogen functional groups attached to an aromatic ring is 1. The highest BCUT2D eigenvalue weighted by atomic mass is 35.5. The van der Waals surface area contributed by atoms with Crippen molar-refractivity contribution in [3.8, 4) is 0 Å².